The smallest absolute Gasteiger partial charge is 0.0544 e. The lowest BCUT2D eigenvalue weighted by molar-refractivity contribution is 0.131. The summed E-state index contributed by atoms with van der Waals surface area (Å²) in [6, 6.07) is 4.15. The second-order valence-corrected chi connectivity index (χ2v) is 5.09. The standard InChI is InChI=1S/C12H18BrN3/c1-2-15-5-7-16(8-6-15)10-12-4-3-11(13)9-14-12/h3-4,9H,2,5-8,10H2,1H3. The Bertz CT molecular complexity index is 318. The summed E-state index contributed by atoms with van der Waals surface area (Å²) in [6.07, 6.45) is 1.87. The normalized spacial score (nSPS) is 18.9. The highest BCUT2D eigenvalue weighted by molar-refractivity contribution is 9.10. The zero-order valence-electron chi connectivity index (χ0n) is 9.69. The highest BCUT2D eigenvalue weighted by Gasteiger charge is 2.15. The third kappa shape index (κ3) is 3.27. The van der Waals surface area contributed by atoms with Gasteiger partial charge in [0.2, 0.25) is 0 Å². The number of rotatable bonds is 3. The van der Waals surface area contributed by atoms with E-state index in [0.717, 1.165) is 29.8 Å². The summed E-state index contributed by atoms with van der Waals surface area (Å²) in [7, 11) is 0. The van der Waals surface area contributed by atoms with Crippen molar-refractivity contribution < 1.29 is 0 Å². The van der Waals surface area contributed by atoms with Crippen LogP contribution in [0.1, 0.15) is 12.6 Å². The molecule has 2 heterocycles. The summed E-state index contributed by atoms with van der Waals surface area (Å²) < 4.78 is 1.05. The molecule has 0 bridgehead atoms. The van der Waals surface area contributed by atoms with Gasteiger partial charge in [-0.3, -0.25) is 9.88 Å². The molecule has 1 fully saturated rings. The minimum atomic E-state index is 0.977. The predicted octanol–water partition coefficient (Wildman–Crippen LogP) is 1.98. The van der Waals surface area contributed by atoms with Crippen LogP contribution in [0.5, 0.6) is 0 Å². The molecule has 88 valence electrons. The molecule has 0 atom stereocenters. The van der Waals surface area contributed by atoms with Crippen molar-refractivity contribution in [3.05, 3.63) is 28.5 Å². The molecule has 1 saturated heterocycles. The van der Waals surface area contributed by atoms with Crippen LogP contribution in [0.2, 0.25) is 0 Å². The van der Waals surface area contributed by atoms with Crippen LogP contribution >= 0.6 is 15.9 Å². The maximum absolute atomic E-state index is 4.41. The maximum atomic E-state index is 4.41. The van der Waals surface area contributed by atoms with Crippen molar-refractivity contribution in [2.45, 2.75) is 13.5 Å². The van der Waals surface area contributed by atoms with Crippen molar-refractivity contribution in [2.24, 2.45) is 0 Å². The van der Waals surface area contributed by atoms with Crippen LogP contribution in [0, 0.1) is 0 Å². The van der Waals surface area contributed by atoms with E-state index in [1.807, 2.05) is 6.20 Å². The van der Waals surface area contributed by atoms with Gasteiger partial charge in [0, 0.05) is 43.4 Å². The fourth-order valence-corrected chi connectivity index (χ4v) is 2.23. The van der Waals surface area contributed by atoms with Gasteiger partial charge in [0.1, 0.15) is 0 Å². The van der Waals surface area contributed by atoms with Crippen LogP contribution in [0.4, 0.5) is 0 Å². The Kier molecular flexibility index (Phi) is 4.32. The second kappa shape index (κ2) is 5.75. The Morgan fingerprint density at radius 1 is 1.19 bits per heavy atom. The first-order valence-corrected chi connectivity index (χ1v) is 6.62. The minimum Gasteiger partial charge on any atom is -0.301 e. The first-order chi connectivity index (χ1) is 7.78. The van der Waals surface area contributed by atoms with Gasteiger partial charge in [0.15, 0.2) is 0 Å². The molecule has 0 N–H and O–H groups in total. The first kappa shape index (κ1) is 12.0. The van der Waals surface area contributed by atoms with E-state index in [0.29, 0.717) is 0 Å². The summed E-state index contributed by atoms with van der Waals surface area (Å²) in [4.78, 5) is 9.38. The summed E-state index contributed by atoms with van der Waals surface area (Å²) in [5.74, 6) is 0. The monoisotopic (exact) mass is 283 g/mol. The van der Waals surface area contributed by atoms with Gasteiger partial charge in [-0.25, -0.2) is 0 Å². The Hall–Kier alpha value is -0.450. The van der Waals surface area contributed by atoms with Crippen LogP contribution in [0.15, 0.2) is 22.8 Å². The number of nitrogens with zero attached hydrogens (tertiary/aromatic N) is 3. The number of piperazine rings is 1. The third-order valence-corrected chi connectivity index (χ3v) is 3.56. The Morgan fingerprint density at radius 3 is 2.44 bits per heavy atom. The predicted molar refractivity (Wildman–Crippen MR) is 69.3 cm³/mol. The largest absolute Gasteiger partial charge is 0.301 e. The molecule has 0 aromatic carbocycles. The maximum Gasteiger partial charge on any atom is 0.0544 e. The van der Waals surface area contributed by atoms with Crippen molar-refractivity contribution in [2.75, 3.05) is 32.7 Å². The molecule has 0 spiro atoms. The van der Waals surface area contributed by atoms with E-state index in [1.54, 1.807) is 0 Å². The molecule has 3 nitrogen and oxygen atoms in total. The number of aromatic nitrogens is 1. The summed E-state index contributed by atoms with van der Waals surface area (Å²) >= 11 is 3.41. The summed E-state index contributed by atoms with van der Waals surface area (Å²) in [5.41, 5.74) is 1.16. The molecule has 2 rings (SSSR count). The molecule has 1 aromatic heterocycles. The molecule has 1 aliphatic heterocycles. The molecule has 1 aromatic rings. The molecule has 0 aliphatic carbocycles. The van der Waals surface area contributed by atoms with E-state index in [1.165, 1.54) is 19.6 Å². The van der Waals surface area contributed by atoms with Crippen LogP contribution in [0.3, 0.4) is 0 Å². The molecule has 0 amide bonds. The summed E-state index contributed by atoms with van der Waals surface area (Å²) in [6.45, 7) is 9.07. The van der Waals surface area contributed by atoms with Gasteiger partial charge in [-0.2, -0.15) is 0 Å². The minimum absolute atomic E-state index is 0.977. The van der Waals surface area contributed by atoms with E-state index >= 15 is 0 Å². The van der Waals surface area contributed by atoms with Crippen molar-refractivity contribution in [3.63, 3.8) is 0 Å². The van der Waals surface area contributed by atoms with Gasteiger partial charge < -0.3 is 4.90 Å². The van der Waals surface area contributed by atoms with Crippen molar-refractivity contribution >= 4 is 15.9 Å². The molecule has 0 radical (unpaired) electrons. The van der Waals surface area contributed by atoms with Gasteiger partial charge in [-0.05, 0) is 34.6 Å². The molecule has 0 unspecified atom stereocenters. The molecule has 16 heavy (non-hydrogen) atoms. The van der Waals surface area contributed by atoms with Crippen LogP contribution in [-0.4, -0.2) is 47.5 Å². The van der Waals surface area contributed by atoms with Gasteiger partial charge in [-0.15, -0.1) is 0 Å². The quantitative estimate of drug-likeness (QED) is 0.846. The number of hydrogen-bond donors (Lipinski definition) is 0. The van der Waals surface area contributed by atoms with E-state index in [2.05, 4.69) is 49.8 Å². The first-order valence-electron chi connectivity index (χ1n) is 5.83. The van der Waals surface area contributed by atoms with E-state index < -0.39 is 0 Å². The number of pyridine rings is 1. The number of halogens is 1. The fraction of sp³-hybridized carbons (Fsp3) is 0.583. The third-order valence-electron chi connectivity index (χ3n) is 3.09. The number of likely N-dealkylation sites (N-methyl/N-ethyl adjacent to an activating group) is 1. The molecule has 1 aliphatic rings. The van der Waals surface area contributed by atoms with Crippen molar-refractivity contribution in [1.82, 2.24) is 14.8 Å². The Morgan fingerprint density at radius 2 is 1.88 bits per heavy atom. The van der Waals surface area contributed by atoms with Crippen molar-refractivity contribution in [1.29, 1.82) is 0 Å². The average molecular weight is 284 g/mol. The highest BCUT2D eigenvalue weighted by Crippen LogP contribution is 2.10. The van der Waals surface area contributed by atoms with E-state index in [9.17, 15) is 0 Å². The molecule has 0 saturated carbocycles. The summed E-state index contributed by atoms with van der Waals surface area (Å²) in [5, 5.41) is 0. The van der Waals surface area contributed by atoms with Gasteiger partial charge in [-0.1, -0.05) is 6.92 Å². The van der Waals surface area contributed by atoms with E-state index in [4.69, 9.17) is 0 Å². The highest BCUT2D eigenvalue weighted by atomic mass is 79.9. The Labute approximate surface area is 106 Å². The van der Waals surface area contributed by atoms with Gasteiger partial charge >= 0.3 is 0 Å². The van der Waals surface area contributed by atoms with Crippen LogP contribution in [-0.2, 0) is 6.54 Å². The van der Waals surface area contributed by atoms with E-state index in [-0.39, 0.29) is 0 Å². The molecular formula is C12H18BrN3. The lowest BCUT2D eigenvalue weighted by Gasteiger charge is -2.33. The number of hydrogen-bond acceptors (Lipinski definition) is 3. The zero-order chi connectivity index (χ0) is 11.4. The van der Waals surface area contributed by atoms with Crippen LogP contribution in [0.25, 0.3) is 0 Å². The topological polar surface area (TPSA) is 19.4 Å². The van der Waals surface area contributed by atoms with Crippen molar-refractivity contribution in [3.8, 4) is 0 Å². The lowest BCUT2D eigenvalue weighted by atomic mass is 10.2. The lowest BCUT2D eigenvalue weighted by Crippen LogP contribution is -2.45. The second-order valence-electron chi connectivity index (χ2n) is 4.18. The fourth-order valence-electron chi connectivity index (χ4n) is 1.99. The Balaban J connectivity index is 1.84. The SMILES string of the molecule is CCN1CCN(Cc2ccc(Br)cn2)CC1. The van der Waals surface area contributed by atoms with Crippen LogP contribution < -0.4 is 0 Å². The zero-order valence-corrected chi connectivity index (χ0v) is 11.3. The van der Waals surface area contributed by atoms with Gasteiger partial charge in [0.25, 0.3) is 0 Å². The molecular weight excluding hydrogens is 266 g/mol. The molecule has 4 heteroatoms. The average Bonchev–Trinajstić information content (AvgIpc) is 2.33. The van der Waals surface area contributed by atoms with Gasteiger partial charge in [0.05, 0.1) is 5.69 Å².